The first-order valence-corrected chi connectivity index (χ1v) is 2.27. The predicted octanol–water partition coefficient (Wildman–Crippen LogP) is -0.314. The molecule has 0 fully saturated rings. The largest absolute Gasteiger partial charge is 0.0149 e. The van der Waals surface area contributed by atoms with Gasteiger partial charge in [0.05, 0.1) is 0 Å². The summed E-state index contributed by atoms with van der Waals surface area (Å²) in [6.45, 7) is 3.48. The van der Waals surface area contributed by atoms with Crippen molar-refractivity contribution in [3.05, 3.63) is 12.7 Å². The van der Waals surface area contributed by atoms with Gasteiger partial charge in [-0.1, -0.05) is 0 Å². The third-order valence-corrected chi connectivity index (χ3v) is 0.595. The molecular weight excluding hydrogens is 112 g/mol. The maximum absolute atomic E-state index is 3.48. The Hall–Kier alpha value is 0.671. The Morgan fingerprint density at radius 3 is 2.00 bits per heavy atom. The van der Waals surface area contributed by atoms with Gasteiger partial charge in [0, 0.05) is 0 Å². The molecule has 0 aliphatic rings. The molecule has 0 aromatic rings. The van der Waals surface area contributed by atoms with Crippen LogP contribution in [0.3, 0.4) is 0 Å². The van der Waals surface area contributed by atoms with E-state index in [2.05, 4.69) is 27.0 Å². The fraction of sp³-hybridized carbons (Fsp3) is 0.333. The van der Waals surface area contributed by atoms with Crippen molar-refractivity contribution in [2.45, 2.75) is 4.73 Å². The van der Waals surface area contributed by atoms with Gasteiger partial charge in [-0.15, -0.1) is 0 Å². The van der Waals surface area contributed by atoms with Gasteiger partial charge in [-0.3, -0.25) is 0 Å². The Balaban J connectivity index is 0. The van der Waals surface area contributed by atoms with Crippen LogP contribution < -0.4 is 0 Å². The molecule has 0 unspecified atom stereocenters. The Bertz CT molecular complexity index is 20.9. The maximum Gasteiger partial charge on any atom is -0.0149 e. The average molecular weight is 121 g/mol. The number of hydrogen-bond donors (Lipinski definition) is 0. The van der Waals surface area contributed by atoms with Gasteiger partial charge < -0.3 is 0 Å². The third-order valence-electron chi connectivity index (χ3n) is 0.144. The number of hydrogen-bond acceptors (Lipinski definition) is 0. The van der Waals surface area contributed by atoms with Crippen LogP contribution in [0.15, 0.2) is 12.7 Å². The smallest absolute Gasteiger partial charge is 0.0149 e. The predicted molar refractivity (Wildman–Crippen MR) is 26.3 cm³/mol. The number of allylic oxidation sites excluding steroid dienone is 1. The molecule has 0 nitrogen and oxygen atoms in total. The molecule has 2 heteroatoms. The van der Waals surface area contributed by atoms with Crippen molar-refractivity contribution in [2.75, 3.05) is 0 Å². The van der Waals surface area contributed by atoms with E-state index in [0.29, 0.717) is 0 Å². The molecule has 0 aliphatic carbocycles. The second kappa shape index (κ2) is 8.82. The van der Waals surface area contributed by atoms with Gasteiger partial charge in [-0.2, -0.15) is 0 Å². The van der Waals surface area contributed by atoms with Crippen molar-refractivity contribution in [3.8, 4) is 0 Å². The molecule has 5 heavy (non-hydrogen) atoms. The van der Waals surface area contributed by atoms with Gasteiger partial charge in [0.2, 0.25) is 0 Å². The molecule has 0 bridgehead atoms. The molecule has 0 radical (unpaired) electrons. The van der Waals surface area contributed by atoms with Crippen molar-refractivity contribution in [1.82, 2.24) is 0 Å². The monoisotopic (exact) mass is 121 g/mol. The second-order valence-electron chi connectivity index (χ2n) is 0.493. The fourth-order valence-corrected chi connectivity index (χ4v) is 0. The first-order valence-electron chi connectivity index (χ1n) is 1.17. The minimum absolute atomic E-state index is 0. The Kier molecular flexibility index (Phi) is 16.2. The Morgan fingerprint density at radius 2 is 2.00 bits per heavy atom. The van der Waals surface area contributed by atoms with Gasteiger partial charge in [-0.05, 0) is 11.0 Å². The summed E-state index contributed by atoms with van der Waals surface area (Å²) in [6, 6.07) is 0. The van der Waals surface area contributed by atoms with Crippen molar-refractivity contribution >= 4 is 11.0 Å². The first-order chi connectivity index (χ1) is 1.91. The quantitative estimate of drug-likeness (QED) is 0.329. The van der Waals surface area contributed by atoms with Crippen LogP contribution in [0, 0.1) is 0 Å². The first kappa shape index (κ1) is 9.18. The van der Waals surface area contributed by atoms with E-state index in [1.54, 1.807) is 0 Å². The second-order valence-corrected chi connectivity index (χ2v) is 1.13. The van der Waals surface area contributed by atoms with Gasteiger partial charge in [0.15, 0.2) is 0 Å². The molecule has 0 aliphatic heterocycles. The summed E-state index contributed by atoms with van der Waals surface area (Å²) in [5.41, 5.74) is 0. The molecule has 0 aromatic carbocycles. The van der Waals surface area contributed by atoms with Gasteiger partial charge in [0.1, 0.15) is 0 Å². The van der Waals surface area contributed by atoms with E-state index in [-0.39, 0.29) is 11.0 Å². The summed E-state index contributed by atoms with van der Waals surface area (Å²) >= 11 is 2.06. The minimum atomic E-state index is 0. The van der Waals surface area contributed by atoms with Crippen LogP contribution in [-0.2, 0) is 20.4 Å². The van der Waals surface area contributed by atoms with Gasteiger partial charge in [0.25, 0.3) is 0 Å². The molecule has 0 saturated carbocycles. The fourth-order valence-electron chi connectivity index (χ4n) is 0. The average Bonchev–Trinajstić information content (AvgIpc) is 1.37. The maximum atomic E-state index is 3.48. The Morgan fingerprint density at radius 1 is 1.80 bits per heavy atom. The zero-order chi connectivity index (χ0) is 3.41. The van der Waals surface area contributed by atoms with E-state index in [1.165, 1.54) is 0 Å². The molecule has 0 saturated heterocycles. The van der Waals surface area contributed by atoms with Crippen molar-refractivity contribution in [2.24, 2.45) is 0 Å². The summed E-state index contributed by atoms with van der Waals surface area (Å²) in [7, 11) is 0. The van der Waals surface area contributed by atoms with Crippen molar-refractivity contribution in [3.63, 3.8) is 0 Å². The van der Waals surface area contributed by atoms with Gasteiger partial charge >= 0.3 is 37.8 Å². The molecule has 0 rings (SSSR count). The van der Waals surface area contributed by atoms with Crippen LogP contribution in [0.5, 0.6) is 0 Å². The van der Waals surface area contributed by atoms with E-state index >= 15 is 0 Å². The van der Waals surface area contributed by atoms with Crippen molar-refractivity contribution in [1.29, 1.82) is 0 Å². The Labute approximate surface area is 49.1 Å². The van der Waals surface area contributed by atoms with E-state index in [1.807, 2.05) is 6.08 Å². The van der Waals surface area contributed by atoms with Crippen LogP contribution in [0.1, 0.15) is 0 Å². The van der Waals surface area contributed by atoms with Crippen molar-refractivity contribution < 1.29 is 20.4 Å². The van der Waals surface area contributed by atoms with Gasteiger partial charge in [-0.25, -0.2) is 0 Å². The van der Waals surface area contributed by atoms with Crippen LogP contribution in [0.25, 0.3) is 0 Å². The standard InChI is InChI=1S/C3H5.H4Si.Ti/c1-3-2;;/h3H,1-2H2;1H4;. The molecule has 29 valence electrons. The minimum Gasteiger partial charge on any atom is -0.0149 e. The summed E-state index contributed by atoms with van der Waals surface area (Å²) in [4.78, 5) is 0. The molecule has 0 heterocycles. The van der Waals surface area contributed by atoms with E-state index in [9.17, 15) is 0 Å². The molecule has 0 aromatic heterocycles. The molecular formula is C3H9SiTi. The normalized spacial score (nSPS) is 4.60. The summed E-state index contributed by atoms with van der Waals surface area (Å²) in [6.07, 6.45) is 1.88. The van der Waals surface area contributed by atoms with Crippen LogP contribution in [-0.4, -0.2) is 11.0 Å². The van der Waals surface area contributed by atoms with Crippen LogP contribution in [0.2, 0.25) is 4.73 Å². The third kappa shape index (κ3) is 11.9. The topological polar surface area (TPSA) is 0 Å². The van der Waals surface area contributed by atoms with Crippen LogP contribution >= 0.6 is 0 Å². The molecule has 0 N–H and O–H groups in total. The van der Waals surface area contributed by atoms with Crippen LogP contribution in [0.4, 0.5) is 0 Å². The summed E-state index contributed by atoms with van der Waals surface area (Å²) in [5, 5.41) is 0. The molecule has 0 amide bonds. The number of rotatable bonds is 1. The summed E-state index contributed by atoms with van der Waals surface area (Å²) < 4.78 is 1.08. The summed E-state index contributed by atoms with van der Waals surface area (Å²) in [5.74, 6) is 0. The SMILES string of the molecule is C=C[CH2][Ti].[SiH4]. The molecule has 0 atom stereocenters. The zero-order valence-corrected chi connectivity index (χ0v) is 4.05. The zero-order valence-electron chi connectivity index (χ0n) is 2.49. The molecule has 0 spiro atoms. The van der Waals surface area contributed by atoms with E-state index in [4.69, 9.17) is 0 Å². The van der Waals surface area contributed by atoms with E-state index in [0.717, 1.165) is 4.73 Å². The van der Waals surface area contributed by atoms with E-state index < -0.39 is 0 Å².